The van der Waals surface area contributed by atoms with Gasteiger partial charge in [-0.2, -0.15) is 0 Å². The SMILES string of the molecule is F.F.OCCN1CCN(CCO)CC1. The van der Waals surface area contributed by atoms with Gasteiger partial charge in [0.05, 0.1) is 13.2 Å². The summed E-state index contributed by atoms with van der Waals surface area (Å²) < 4.78 is 0. The van der Waals surface area contributed by atoms with Crippen molar-refractivity contribution < 1.29 is 19.6 Å². The van der Waals surface area contributed by atoms with E-state index in [-0.39, 0.29) is 22.6 Å². The van der Waals surface area contributed by atoms with Crippen LogP contribution in [0.1, 0.15) is 0 Å². The molecule has 2 N–H and O–H groups in total. The first-order valence-corrected chi connectivity index (χ1v) is 4.53. The minimum absolute atomic E-state index is 0. The molecule has 14 heavy (non-hydrogen) atoms. The zero-order valence-electron chi connectivity index (χ0n) is 8.26. The molecule has 0 spiro atoms. The highest BCUT2D eigenvalue weighted by Crippen LogP contribution is 1.99. The third-order valence-corrected chi connectivity index (χ3v) is 2.30. The third kappa shape index (κ3) is 5.43. The van der Waals surface area contributed by atoms with Crippen molar-refractivity contribution in [3.63, 3.8) is 0 Å². The molecule has 1 aliphatic heterocycles. The molecule has 1 heterocycles. The van der Waals surface area contributed by atoms with Crippen LogP contribution < -0.4 is 0 Å². The van der Waals surface area contributed by atoms with Gasteiger partial charge < -0.3 is 10.2 Å². The lowest BCUT2D eigenvalue weighted by Crippen LogP contribution is -2.47. The summed E-state index contributed by atoms with van der Waals surface area (Å²) in [5.74, 6) is 0. The molecule has 88 valence electrons. The van der Waals surface area contributed by atoms with E-state index in [0.717, 1.165) is 39.3 Å². The molecule has 0 amide bonds. The van der Waals surface area contributed by atoms with Crippen LogP contribution in [0, 0.1) is 0 Å². The van der Waals surface area contributed by atoms with E-state index in [1.807, 2.05) is 0 Å². The number of hydrogen-bond acceptors (Lipinski definition) is 4. The van der Waals surface area contributed by atoms with E-state index in [1.54, 1.807) is 0 Å². The Hall–Kier alpha value is -0.300. The number of nitrogens with zero attached hydrogens (tertiary/aromatic N) is 2. The lowest BCUT2D eigenvalue weighted by atomic mass is 10.3. The molecule has 0 aromatic heterocycles. The molecule has 0 aromatic rings. The maximum Gasteiger partial charge on any atom is 0.0558 e. The minimum atomic E-state index is 0. The number of rotatable bonds is 4. The summed E-state index contributed by atoms with van der Waals surface area (Å²) in [6.45, 7) is 6.13. The fourth-order valence-electron chi connectivity index (χ4n) is 1.52. The predicted molar refractivity (Wildman–Crippen MR) is 52.1 cm³/mol. The van der Waals surface area contributed by atoms with Crippen molar-refractivity contribution in [2.75, 3.05) is 52.5 Å². The molecule has 1 rings (SSSR count). The van der Waals surface area contributed by atoms with Gasteiger partial charge in [-0.3, -0.25) is 19.2 Å². The van der Waals surface area contributed by atoms with Crippen molar-refractivity contribution in [3.8, 4) is 0 Å². The van der Waals surface area contributed by atoms with Crippen LogP contribution in [0.5, 0.6) is 0 Å². The molecule has 6 heteroatoms. The van der Waals surface area contributed by atoms with Gasteiger partial charge in [-0.05, 0) is 0 Å². The standard InChI is InChI=1S/C8H18N2O2.2FH/c11-7-5-9-1-2-10(4-3-9)6-8-12;;/h11-12H,1-8H2;2*1H. The second kappa shape index (κ2) is 9.26. The van der Waals surface area contributed by atoms with Gasteiger partial charge >= 0.3 is 0 Å². The normalized spacial score (nSPS) is 18.4. The Morgan fingerprint density at radius 3 is 1.21 bits per heavy atom. The highest BCUT2D eigenvalue weighted by Gasteiger charge is 2.14. The Morgan fingerprint density at radius 1 is 0.714 bits per heavy atom. The van der Waals surface area contributed by atoms with Crippen molar-refractivity contribution in [1.29, 1.82) is 0 Å². The van der Waals surface area contributed by atoms with Gasteiger partial charge in [-0.25, -0.2) is 0 Å². The van der Waals surface area contributed by atoms with E-state index in [0.29, 0.717) is 0 Å². The van der Waals surface area contributed by atoms with Crippen LogP contribution >= 0.6 is 0 Å². The zero-order chi connectivity index (χ0) is 8.81. The predicted octanol–water partition coefficient (Wildman–Crippen LogP) is -1.11. The summed E-state index contributed by atoms with van der Waals surface area (Å²) in [7, 11) is 0. The van der Waals surface area contributed by atoms with E-state index < -0.39 is 0 Å². The van der Waals surface area contributed by atoms with Crippen LogP contribution in [0.3, 0.4) is 0 Å². The molecule has 4 nitrogen and oxygen atoms in total. The number of β-amino-alcohol motifs (C(OH)–C–C–N with tert-alkyl or cyclic N) is 2. The number of halogens is 2. The molecule has 0 atom stereocenters. The van der Waals surface area contributed by atoms with Gasteiger partial charge in [0, 0.05) is 39.3 Å². The fraction of sp³-hybridized carbons (Fsp3) is 1.00. The molecule has 0 bridgehead atoms. The lowest BCUT2D eigenvalue weighted by Gasteiger charge is -2.33. The Labute approximate surface area is 82.9 Å². The van der Waals surface area contributed by atoms with Crippen molar-refractivity contribution in [2.45, 2.75) is 0 Å². The van der Waals surface area contributed by atoms with Gasteiger partial charge in [0.1, 0.15) is 0 Å². The Kier molecular flexibility index (Phi) is 10.7. The number of piperazine rings is 1. The van der Waals surface area contributed by atoms with Gasteiger partial charge in [0.15, 0.2) is 0 Å². The summed E-state index contributed by atoms with van der Waals surface area (Å²) in [5, 5.41) is 17.4. The highest BCUT2D eigenvalue weighted by molar-refractivity contribution is 4.70. The summed E-state index contributed by atoms with van der Waals surface area (Å²) in [6.07, 6.45) is 0. The molecular weight excluding hydrogens is 194 g/mol. The Balaban J connectivity index is 0. The van der Waals surface area contributed by atoms with Crippen LogP contribution in [0.2, 0.25) is 0 Å². The van der Waals surface area contributed by atoms with Gasteiger partial charge in [0.2, 0.25) is 0 Å². The monoisotopic (exact) mass is 214 g/mol. The summed E-state index contributed by atoms with van der Waals surface area (Å²) >= 11 is 0. The van der Waals surface area contributed by atoms with Gasteiger partial charge in [-0.15, -0.1) is 0 Å². The van der Waals surface area contributed by atoms with Crippen molar-refractivity contribution in [1.82, 2.24) is 9.80 Å². The van der Waals surface area contributed by atoms with Crippen LogP contribution in [0.15, 0.2) is 0 Å². The molecular formula is C8H20F2N2O2. The van der Waals surface area contributed by atoms with E-state index >= 15 is 0 Å². The van der Waals surface area contributed by atoms with E-state index in [2.05, 4.69) is 9.80 Å². The number of aliphatic hydroxyl groups excluding tert-OH is 2. The van der Waals surface area contributed by atoms with Crippen molar-refractivity contribution in [3.05, 3.63) is 0 Å². The second-order valence-electron chi connectivity index (χ2n) is 3.13. The summed E-state index contributed by atoms with van der Waals surface area (Å²) in [6, 6.07) is 0. The molecule has 0 unspecified atom stereocenters. The molecule has 0 saturated carbocycles. The maximum atomic E-state index is 8.69. The van der Waals surface area contributed by atoms with Crippen LogP contribution in [0.25, 0.3) is 0 Å². The first-order chi connectivity index (χ1) is 5.86. The first-order valence-electron chi connectivity index (χ1n) is 4.53. The average Bonchev–Trinajstić information content (AvgIpc) is 2.09. The van der Waals surface area contributed by atoms with Gasteiger partial charge in [-0.1, -0.05) is 0 Å². The average molecular weight is 214 g/mol. The maximum absolute atomic E-state index is 8.69. The quantitative estimate of drug-likeness (QED) is 0.623. The molecule has 0 radical (unpaired) electrons. The molecule has 1 saturated heterocycles. The Bertz CT molecular complexity index is 108. The van der Waals surface area contributed by atoms with E-state index in [1.165, 1.54) is 0 Å². The molecule has 1 fully saturated rings. The third-order valence-electron chi connectivity index (χ3n) is 2.30. The van der Waals surface area contributed by atoms with Crippen LogP contribution in [0.4, 0.5) is 9.41 Å². The highest BCUT2D eigenvalue weighted by atomic mass is 19.0. The van der Waals surface area contributed by atoms with Crippen molar-refractivity contribution >= 4 is 0 Å². The smallest absolute Gasteiger partial charge is 0.0558 e. The number of hydrogen-bond donors (Lipinski definition) is 2. The van der Waals surface area contributed by atoms with Gasteiger partial charge in [0.25, 0.3) is 0 Å². The Morgan fingerprint density at radius 2 is 1.00 bits per heavy atom. The van der Waals surface area contributed by atoms with Crippen LogP contribution in [-0.4, -0.2) is 72.5 Å². The van der Waals surface area contributed by atoms with E-state index in [4.69, 9.17) is 10.2 Å². The molecule has 1 aliphatic rings. The molecule has 0 aliphatic carbocycles. The number of aliphatic hydroxyl groups is 2. The fourth-order valence-corrected chi connectivity index (χ4v) is 1.52. The second-order valence-corrected chi connectivity index (χ2v) is 3.13. The first kappa shape index (κ1) is 16.1. The van der Waals surface area contributed by atoms with Crippen molar-refractivity contribution in [2.24, 2.45) is 0 Å². The summed E-state index contributed by atoms with van der Waals surface area (Å²) in [4.78, 5) is 4.49. The topological polar surface area (TPSA) is 46.9 Å². The summed E-state index contributed by atoms with van der Waals surface area (Å²) in [5.41, 5.74) is 0. The van der Waals surface area contributed by atoms with Crippen LogP contribution in [-0.2, 0) is 0 Å². The zero-order valence-corrected chi connectivity index (χ0v) is 8.26. The minimum Gasteiger partial charge on any atom is -0.395 e. The molecule has 0 aromatic carbocycles. The van der Waals surface area contributed by atoms with E-state index in [9.17, 15) is 0 Å². The lowest BCUT2D eigenvalue weighted by molar-refractivity contribution is 0.0984. The largest absolute Gasteiger partial charge is 0.395 e.